The van der Waals surface area contributed by atoms with Gasteiger partial charge in [0.1, 0.15) is 17.4 Å². The van der Waals surface area contributed by atoms with Crippen LogP contribution in [0.2, 0.25) is 0 Å². The van der Waals surface area contributed by atoms with E-state index in [0.29, 0.717) is 23.6 Å². The maximum atomic E-state index is 12.4. The molecule has 0 unspecified atom stereocenters. The summed E-state index contributed by atoms with van der Waals surface area (Å²) in [5.41, 5.74) is 2.34. The molecule has 0 aromatic heterocycles. The van der Waals surface area contributed by atoms with Gasteiger partial charge in [0.25, 0.3) is 5.91 Å². The Kier molecular flexibility index (Phi) is 6.80. The molecule has 0 saturated carbocycles. The molecule has 2 aromatic rings. The number of halogens is 2. The molecule has 0 saturated heterocycles. The minimum atomic E-state index is -0.446. The van der Waals surface area contributed by atoms with Gasteiger partial charge in [-0.25, -0.2) is 0 Å². The summed E-state index contributed by atoms with van der Waals surface area (Å²) in [6.45, 7) is 4.33. The predicted molar refractivity (Wildman–Crippen MR) is 106 cm³/mol. The molecule has 4 nitrogen and oxygen atoms in total. The van der Waals surface area contributed by atoms with Crippen LogP contribution in [0.1, 0.15) is 18.1 Å². The Labute approximate surface area is 163 Å². The summed E-state index contributed by atoms with van der Waals surface area (Å²) in [5.74, 6) is 0.237. The Morgan fingerprint density at radius 1 is 1.28 bits per heavy atom. The second-order valence-electron chi connectivity index (χ2n) is 5.19. The van der Waals surface area contributed by atoms with Crippen molar-refractivity contribution in [2.24, 2.45) is 0 Å². The number of amides is 1. The molecule has 6 heteroatoms. The molecule has 2 rings (SSSR count). The minimum absolute atomic E-state index is 0.0196. The van der Waals surface area contributed by atoms with Gasteiger partial charge in [0.2, 0.25) is 0 Å². The van der Waals surface area contributed by atoms with Gasteiger partial charge in [0.05, 0.1) is 15.6 Å². The van der Waals surface area contributed by atoms with Crippen molar-refractivity contribution < 1.29 is 9.53 Å². The van der Waals surface area contributed by atoms with Gasteiger partial charge in [0, 0.05) is 5.69 Å². The van der Waals surface area contributed by atoms with Crippen LogP contribution in [0, 0.1) is 18.3 Å². The Bertz CT molecular complexity index is 847. The zero-order valence-corrected chi connectivity index (χ0v) is 16.9. The van der Waals surface area contributed by atoms with Crippen molar-refractivity contribution in [2.45, 2.75) is 13.8 Å². The van der Waals surface area contributed by atoms with E-state index in [1.54, 1.807) is 24.3 Å². The van der Waals surface area contributed by atoms with Crippen LogP contribution in [0.4, 0.5) is 5.69 Å². The van der Waals surface area contributed by atoms with E-state index in [9.17, 15) is 10.1 Å². The normalized spacial score (nSPS) is 10.9. The van der Waals surface area contributed by atoms with E-state index in [1.165, 1.54) is 0 Å². The van der Waals surface area contributed by atoms with Gasteiger partial charge >= 0.3 is 0 Å². The molecule has 1 amide bonds. The van der Waals surface area contributed by atoms with Crippen molar-refractivity contribution in [3.8, 4) is 11.8 Å². The van der Waals surface area contributed by atoms with Crippen LogP contribution in [-0.4, -0.2) is 12.5 Å². The van der Waals surface area contributed by atoms with Crippen LogP contribution >= 0.6 is 31.9 Å². The smallest absolute Gasteiger partial charge is 0.266 e. The van der Waals surface area contributed by atoms with Gasteiger partial charge in [-0.2, -0.15) is 5.26 Å². The van der Waals surface area contributed by atoms with Crippen molar-refractivity contribution in [1.82, 2.24) is 0 Å². The lowest BCUT2D eigenvalue weighted by Crippen LogP contribution is -2.14. The molecule has 0 heterocycles. The third-order valence-electron chi connectivity index (χ3n) is 3.38. The highest BCUT2D eigenvalue weighted by molar-refractivity contribution is 9.11. The lowest BCUT2D eigenvalue weighted by Gasteiger charge is -2.10. The molecule has 0 radical (unpaired) electrons. The maximum Gasteiger partial charge on any atom is 0.266 e. The van der Waals surface area contributed by atoms with Gasteiger partial charge in [-0.3, -0.25) is 4.79 Å². The highest BCUT2D eigenvalue weighted by Crippen LogP contribution is 2.35. The van der Waals surface area contributed by atoms with Gasteiger partial charge in [-0.05, 0) is 81.1 Å². The third kappa shape index (κ3) is 4.94. The number of hydrogen-bond donors (Lipinski definition) is 1. The highest BCUT2D eigenvalue weighted by Gasteiger charge is 2.13. The number of ether oxygens (including phenoxy) is 1. The number of rotatable bonds is 5. The minimum Gasteiger partial charge on any atom is -0.492 e. The fourth-order valence-electron chi connectivity index (χ4n) is 2.16. The fraction of sp³-hybridized carbons (Fsp3) is 0.158. The molecule has 2 aromatic carbocycles. The summed E-state index contributed by atoms with van der Waals surface area (Å²) in [4.78, 5) is 12.4. The molecule has 0 atom stereocenters. The summed E-state index contributed by atoms with van der Waals surface area (Å²) >= 11 is 6.89. The maximum absolute atomic E-state index is 12.4. The monoisotopic (exact) mass is 462 g/mol. The number of hydrogen-bond acceptors (Lipinski definition) is 3. The number of nitrogens with one attached hydrogen (secondary N) is 1. The van der Waals surface area contributed by atoms with Gasteiger partial charge < -0.3 is 10.1 Å². The summed E-state index contributed by atoms with van der Waals surface area (Å²) in [6, 6.07) is 13.0. The first kappa shape index (κ1) is 19.2. The number of carbonyl (C=O) groups excluding carboxylic acids is 1. The lowest BCUT2D eigenvalue weighted by atomic mass is 10.1. The average Bonchev–Trinajstić information content (AvgIpc) is 2.58. The van der Waals surface area contributed by atoms with Crippen LogP contribution in [-0.2, 0) is 4.79 Å². The van der Waals surface area contributed by atoms with Crippen molar-refractivity contribution in [2.75, 3.05) is 11.9 Å². The molecule has 0 aliphatic carbocycles. The topological polar surface area (TPSA) is 62.1 Å². The van der Waals surface area contributed by atoms with E-state index in [1.807, 2.05) is 38.1 Å². The predicted octanol–water partition coefficient (Wildman–Crippen LogP) is 5.46. The first-order valence-corrected chi connectivity index (χ1v) is 9.15. The SMILES string of the molecule is CCOc1c(Br)cc(/C=C(/C#N)C(=O)Nc2ccccc2C)cc1Br. The Balaban J connectivity index is 2.30. The van der Waals surface area contributed by atoms with Crippen LogP contribution in [0.5, 0.6) is 5.75 Å². The van der Waals surface area contributed by atoms with E-state index < -0.39 is 5.91 Å². The molecule has 0 spiro atoms. The molecule has 0 aliphatic heterocycles. The van der Waals surface area contributed by atoms with Gasteiger partial charge in [-0.1, -0.05) is 18.2 Å². The van der Waals surface area contributed by atoms with Crippen LogP contribution in [0.3, 0.4) is 0 Å². The number of carbonyl (C=O) groups is 1. The van der Waals surface area contributed by atoms with E-state index >= 15 is 0 Å². The van der Waals surface area contributed by atoms with E-state index in [0.717, 1.165) is 14.5 Å². The Morgan fingerprint density at radius 2 is 1.92 bits per heavy atom. The first-order valence-electron chi connectivity index (χ1n) is 7.57. The summed E-state index contributed by atoms with van der Waals surface area (Å²) in [6.07, 6.45) is 1.54. The van der Waals surface area contributed by atoms with Gasteiger partial charge in [0.15, 0.2) is 0 Å². The largest absolute Gasteiger partial charge is 0.492 e. The van der Waals surface area contributed by atoms with Crippen LogP contribution in [0.15, 0.2) is 50.9 Å². The average molecular weight is 464 g/mol. The first-order chi connectivity index (χ1) is 12.0. The molecular formula is C19H16Br2N2O2. The summed E-state index contributed by atoms with van der Waals surface area (Å²) in [5, 5.41) is 12.1. The highest BCUT2D eigenvalue weighted by atomic mass is 79.9. The van der Waals surface area contributed by atoms with E-state index in [2.05, 4.69) is 37.2 Å². The second-order valence-corrected chi connectivity index (χ2v) is 6.89. The van der Waals surface area contributed by atoms with Crippen molar-refractivity contribution >= 4 is 49.5 Å². The molecule has 0 bridgehead atoms. The fourth-order valence-corrected chi connectivity index (χ4v) is 3.61. The Hall–Kier alpha value is -2.10. The van der Waals surface area contributed by atoms with Gasteiger partial charge in [-0.15, -0.1) is 0 Å². The zero-order chi connectivity index (χ0) is 18.4. The molecule has 1 N–H and O–H groups in total. The molecule has 128 valence electrons. The third-order valence-corrected chi connectivity index (χ3v) is 4.56. The summed E-state index contributed by atoms with van der Waals surface area (Å²) in [7, 11) is 0. The zero-order valence-electron chi connectivity index (χ0n) is 13.8. The lowest BCUT2D eigenvalue weighted by molar-refractivity contribution is -0.112. The molecule has 0 fully saturated rings. The quantitative estimate of drug-likeness (QED) is 0.472. The van der Waals surface area contributed by atoms with E-state index in [-0.39, 0.29) is 5.57 Å². The van der Waals surface area contributed by atoms with Crippen LogP contribution < -0.4 is 10.1 Å². The number of benzene rings is 2. The summed E-state index contributed by atoms with van der Waals surface area (Å²) < 4.78 is 7.02. The Morgan fingerprint density at radius 3 is 2.48 bits per heavy atom. The van der Waals surface area contributed by atoms with E-state index in [4.69, 9.17) is 4.74 Å². The standard InChI is InChI=1S/C19H16Br2N2O2/c1-3-25-18-15(20)9-13(10-16(18)21)8-14(11-22)19(24)23-17-7-5-4-6-12(17)2/h4-10H,3H2,1-2H3,(H,23,24)/b14-8-. The van der Waals surface area contributed by atoms with Crippen molar-refractivity contribution in [1.29, 1.82) is 5.26 Å². The number of nitrogens with zero attached hydrogens (tertiary/aromatic N) is 1. The van der Waals surface area contributed by atoms with Crippen LogP contribution in [0.25, 0.3) is 6.08 Å². The number of aryl methyl sites for hydroxylation is 1. The van der Waals surface area contributed by atoms with Crippen molar-refractivity contribution in [3.05, 3.63) is 62.0 Å². The molecule has 25 heavy (non-hydrogen) atoms. The number of para-hydroxylation sites is 1. The number of anilines is 1. The molecular weight excluding hydrogens is 448 g/mol. The van der Waals surface area contributed by atoms with Crippen molar-refractivity contribution in [3.63, 3.8) is 0 Å². The molecule has 0 aliphatic rings. The number of nitriles is 1. The second kappa shape index (κ2) is 8.84.